The number of hydrogen-bond acceptors (Lipinski definition) is 3. The van der Waals surface area contributed by atoms with Crippen molar-refractivity contribution in [3.8, 4) is 0 Å². The number of carbonyl (C=O) groups is 1. The molecule has 0 fully saturated rings. The third-order valence-electron chi connectivity index (χ3n) is 3.73. The molecule has 0 unspecified atom stereocenters. The highest BCUT2D eigenvalue weighted by Crippen LogP contribution is 2.17. The average Bonchev–Trinajstić information content (AvgIpc) is 3.01. The molecule has 0 aliphatic rings. The highest BCUT2D eigenvalue weighted by atomic mass is 16.2. The highest BCUT2D eigenvalue weighted by Gasteiger charge is 2.17. The molecule has 2 N–H and O–H groups in total. The number of nitrogens with zero attached hydrogens (tertiary/aromatic N) is 3. The molecule has 6 heteroatoms. The molecule has 1 aromatic carbocycles. The number of benzene rings is 1. The molecular formula is C18H19N5O. The van der Waals surface area contributed by atoms with E-state index in [-0.39, 0.29) is 12.1 Å². The van der Waals surface area contributed by atoms with Crippen LogP contribution in [-0.4, -0.2) is 20.6 Å². The summed E-state index contributed by atoms with van der Waals surface area (Å²) in [5.41, 5.74) is 1.68. The van der Waals surface area contributed by atoms with Crippen LogP contribution in [0.2, 0.25) is 0 Å². The van der Waals surface area contributed by atoms with Crippen LogP contribution in [0.4, 0.5) is 10.5 Å². The van der Waals surface area contributed by atoms with Crippen LogP contribution < -0.4 is 10.6 Å². The van der Waals surface area contributed by atoms with Gasteiger partial charge in [-0.2, -0.15) is 0 Å². The van der Waals surface area contributed by atoms with E-state index >= 15 is 0 Å². The van der Waals surface area contributed by atoms with Crippen LogP contribution in [0.3, 0.4) is 0 Å². The minimum absolute atomic E-state index is 0.177. The number of nitrogens with one attached hydrogen (secondary N) is 2. The van der Waals surface area contributed by atoms with E-state index in [9.17, 15) is 4.79 Å². The summed E-state index contributed by atoms with van der Waals surface area (Å²) in [6.45, 7) is 0. The van der Waals surface area contributed by atoms with Crippen molar-refractivity contribution in [1.82, 2.24) is 19.9 Å². The molecule has 0 aliphatic heterocycles. The van der Waals surface area contributed by atoms with E-state index in [4.69, 9.17) is 0 Å². The number of pyridine rings is 1. The molecule has 2 amide bonds. The first-order valence-electron chi connectivity index (χ1n) is 7.71. The number of aryl methyl sites for hydroxylation is 1. The molecule has 0 aliphatic carbocycles. The summed E-state index contributed by atoms with van der Waals surface area (Å²) in [7, 11) is 1.94. The fraction of sp³-hybridized carbons (Fsp3) is 0.167. The Bertz CT molecular complexity index is 785. The maximum Gasteiger partial charge on any atom is 0.319 e. The standard InChI is InChI=1S/C18H19N5O/c1-23-11-10-20-17(23)12-16(14-6-3-2-4-7-14)22-18(24)21-15-8-5-9-19-13-15/h2-11,13,16H,12H2,1H3,(H2,21,22,24)/t16-/m0/s1. The Morgan fingerprint density at radius 2 is 2.00 bits per heavy atom. The molecule has 1 atom stereocenters. The number of hydrogen-bond donors (Lipinski definition) is 2. The van der Waals surface area contributed by atoms with Crippen molar-refractivity contribution in [2.45, 2.75) is 12.5 Å². The van der Waals surface area contributed by atoms with Crippen molar-refractivity contribution in [3.63, 3.8) is 0 Å². The van der Waals surface area contributed by atoms with Gasteiger partial charge >= 0.3 is 6.03 Å². The van der Waals surface area contributed by atoms with E-state index in [0.717, 1.165) is 11.4 Å². The molecule has 0 bridgehead atoms. The highest BCUT2D eigenvalue weighted by molar-refractivity contribution is 5.89. The van der Waals surface area contributed by atoms with Gasteiger partial charge in [-0.3, -0.25) is 4.98 Å². The quantitative estimate of drug-likeness (QED) is 0.759. The molecule has 2 heterocycles. The summed E-state index contributed by atoms with van der Waals surface area (Å²) >= 11 is 0. The lowest BCUT2D eigenvalue weighted by Crippen LogP contribution is -2.34. The van der Waals surface area contributed by atoms with E-state index in [2.05, 4.69) is 20.6 Å². The zero-order valence-corrected chi connectivity index (χ0v) is 13.4. The Morgan fingerprint density at radius 3 is 2.67 bits per heavy atom. The Hall–Kier alpha value is -3.15. The zero-order chi connectivity index (χ0) is 16.8. The number of carbonyl (C=O) groups excluding carboxylic acids is 1. The number of rotatable bonds is 5. The molecule has 0 radical (unpaired) electrons. The molecule has 0 saturated heterocycles. The number of urea groups is 1. The Labute approximate surface area is 140 Å². The van der Waals surface area contributed by atoms with Crippen LogP contribution in [0.1, 0.15) is 17.4 Å². The number of amides is 2. The first kappa shape index (κ1) is 15.7. The van der Waals surface area contributed by atoms with Crippen molar-refractivity contribution >= 4 is 11.7 Å². The third kappa shape index (κ3) is 3.98. The first-order valence-corrected chi connectivity index (χ1v) is 7.71. The lowest BCUT2D eigenvalue weighted by molar-refractivity contribution is 0.248. The minimum atomic E-state index is -0.272. The Morgan fingerprint density at radius 1 is 1.17 bits per heavy atom. The van der Waals surface area contributed by atoms with Crippen LogP contribution in [0.5, 0.6) is 0 Å². The third-order valence-corrected chi connectivity index (χ3v) is 3.73. The van der Waals surface area contributed by atoms with Gasteiger partial charge < -0.3 is 15.2 Å². The van der Waals surface area contributed by atoms with Crippen LogP contribution in [0.25, 0.3) is 0 Å². The molecule has 6 nitrogen and oxygen atoms in total. The lowest BCUT2D eigenvalue weighted by atomic mass is 10.0. The van der Waals surface area contributed by atoms with E-state index in [1.54, 1.807) is 30.7 Å². The molecule has 2 aromatic heterocycles. The molecule has 3 rings (SSSR count). The smallest absolute Gasteiger partial charge is 0.319 e. The monoisotopic (exact) mass is 321 g/mol. The summed E-state index contributed by atoms with van der Waals surface area (Å²) in [6.07, 6.45) is 7.53. The lowest BCUT2D eigenvalue weighted by Gasteiger charge is -2.19. The average molecular weight is 321 g/mol. The second-order valence-corrected chi connectivity index (χ2v) is 5.46. The summed E-state index contributed by atoms with van der Waals surface area (Å²) in [4.78, 5) is 20.7. The number of anilines is 1. The SMILES string of the molecule is Cn1ccnc1C[C@H](NC(=O)Nc1cccnc1)c1ccccc1. The van der Waals surface area contributed by atoms with Gasteiger partial charge in [0.15, 0.2) is 0 Å². The maximum absolute atomic E-state index is 12.3. The van der Waals surface area contributed by atoms with E-state index in [1.807, 2.05) is 48.1 Å². The van der Waals surface area contributed by atoms with E-state index in [0.29, 0.717) is 12.1 Å². The van der Waals surface area contributed by atoms with Crippen LogP contribution in [-0.2, 0) is 13.5 Å². The summed E-state index contributed by atoms with van der Waals surface area (Å²) in [6, 6.07) is 13.0. The van der Waals surface area contributed by atoms with Gasteiger partial charge in [0, 0.05) is 32.1 Å². The molecule has 0 spiro atoms. The molecule has 0 saturated carbocycles. The van der Waals surface area contributed by atoms with Gasteiger partial charge in [0.05, 0.1) is 17.9 Å². The first-order chi connectivity index (χ1) is 11.7. The largest absolute Gasteiger partial charge is 0.338 e. The Kier molecular flexibility index (Phi) is 4.86. The molecule has 24 heavy (non-hydrogen) atoms. The second kappa shape index (κ2) is 7.41. The van der Waals surface area contributed by atoms with Crippen molar-refractivity contribution in [1.29, 1.82) is 0 Å². The van der Waals surface area contributed by atoms with E-state index < -0.39 is 0 Å². The van der Waals surface area contributed by atoms with Gasteiger partial charge in [-0.05, 0) is 17.7 Å². The van der Waals surface area contributed by atoms with Gasteiger partial charge in [-0.25, -0.2) is 9.78 Å². The van der Waals surface area contributed by atoms with Gasteiger partial charge in [0.2, 0.25) is 0 Å². The normalized spacial score (nSPS) is 11.7. The second-order valence-electron chi connectivity index (χ2n) is 5.46. The van der Waals surface area contributed by atoms with Crippen molar-refractivity contribution < 1.29 is 4.79 Å². The number of aromatic nitrogens is 3. The Balaban J connectivity index is 1.75. The fourth-order valence-corrected chi connectivity index (χ4v) is 2.48. The topological polar surface area (TPSA) is 71.8 Å². The number of imidazole rings is 1. The minimum Gasteiger partial charge on any atom is -0.338 e. The van der Waals surface area contributed by atoms with Crippen LogP contribution in [0, 0.1) is 0 Å². The van der Waals surface area contributed by atoms with Gasteiger partial charge in [0.1, 0.15) is 5.82 Å². The predicted octanol–water partition coefficient (Wildman–Crippen LogP) is 2.92. The zero-order valence-electron chi connectivity index (χ0n) is 13.4. The van der Waals surface area contributed by atoms with Gasteiger partial charge in [-0.15, -0.1) is 0 Å². The summed E-state index contributed by atoms with van der Waals surface area (Å²) in [5, 5.41) is 5.81. The fourth-order valence-electron chi connectivity index (χ4n) is 2.48. The van der Waals surface area contributed by atoms with Crippen molar-refractivity contribution in [2.24, 2.45) is 7.05 Å². The van der Waals surface area contributed by atoms with Gasteiger partial charge in [0.25, 0.3) is 0 Å². The molecular weight excluding hydrogens is 302 g/mol. The van der Waals surface area contributed by atoms with E-state index in [1.165, 1.54) is 0 Å². The maximum atomic E-state index is 12.3. The van der Waals surface area contributed by atoms with Crippen molar-refractivity contribution in [2.75, 3.05) is 5.32 Å². The molecule has 3 aromatic rings. The predicted molar refractivity (Wildman–Crippen MR) is 92.5 cm³/mol. The van der Waals surface area contributed by atoms with Crippen LogP contribution >= 0.6 is 0 Å². The van der Waals surface area contributed by atoms with Crippen molar-refractivity contribution in [3.05, 3.63) is 78.6 Å². The summed E-state index contributed by atoms with van der Waals surface area (Å²) in [5.74, 6) is 0.908. The van der Waals surface area contributed by atoms with Gasteiger partial charge in [-0.1, -0.05) is 30.3 Å². The molecule has 122 valence electrons. The summed E-state index contributed by atoms with van der Waals surface area (Å²) < 4.78 is 1.96. The van der Waals surface area contributed by atoms with Crippen LogP contribution in [0.15, 0.2) is 67.3 Å².